The van der Waals surface area contributed by atoms with Gasteiger partial charge in [-0.05, 0) is 12.0 Å². The maximum Gasteiger partial charge on any atom is 0.343 e. The highest BCUT2D eigenvalue weighted by atomic mass is 35.5. The van der Waals surface area contributed by atoms with Gasteiger partial charge in [0.05, 0.1) is 6.61 Å². The molecule has 0 fully saturated rings. The summed E-state index contributed by atoms with van der Waals surface area (Å²) >= 11 is 11.6. The highest BCUT2D eigenvalue weighted by molar-refractivity contribution is 7.54. The van der Waals surface area contributed by atoms with Crippen molar-refractivity contribution in [3.8, 4) is 0 Å². The van der Waals surface area contributed by atoms with Crippen LogP contribution in [0.1, 0.15) is 12.0 Å². The molecular weight excluding hydrogens is 346 g/mol. The molecule has 5 nitrogen and oxygen atoms in total. The molecule has 22 heavy (non-hydrogen) atoms. The molecule has 1 rings (SSSR count). The van der Waals surface area contributed by atoms with Crippen molar-refractivity contribution in [3.63, 3.8) is 0 Å². The highest BCUT2D eigenvalue weighted by Crippen LogP contribution is 2.47. The number of hydrogen-bond acceptors (Lipinski definition) is 3. The van der Waals surface area contributed by atoms with Crippen molar-refractivity contribution in [2.45, 2.75) is 13.0 Å². The average Bonchev–Trinajstić information content (AvgIpc) is 2.54. The van der Waals surface area contributed by atoms with Gasteiger partial charge in [0, 0.05) is 38.0 Å². The van der Waals surface area contributed by atoms with Gasteiger partial charge in [-0.1, -0.05) is 30.3 Å². The first-order chi connectivity index (χ1) is 10.7. The fourth-order valence-corrected chi connectivity index (χ4v) is 4.42. The second kappa shape index (κ2) is 11.4. The van der Waals surface area contributed by atoms with Crippen LogP contribution in [0.25, 0.3) is 0 Å². The van der Waals surface area contributed by atoms with Gasteiger partial charge < -0.3 is 9.63 Å². The molecule has 0 aliphatic heterocycles. The second-order valence-corrected chi connectivity index (χ2v) is 7.53. The van der Waals surface area contributed by atoms with E-state index in [9.17, 15) is 4.57 Å². The largest absolute Gasteiger partial charge is 0.396 e. The molecule has 1 aromatic carbocycles. The number of aliphatic hydroxyl groups excluding tert-OH is 1. The molecule has 1 atom stereocenters. The zero-order chi connectivity index (χ0) is 16.3. The average molecular weight is 369 g/mol. The van der Waals surface area contributed by atoms with Crippen LogP contribution in [0.2, 0.25) is 0 Å². The van der Waals surface area contributed by atoms with Crippen LogP contribution in [0.4, 0.5) is 0 Å². The van der Waals surface area contributed by atoms with E-state index in [-0.39, 0.29) is 13.2 Å². The first-order valence-electron chi connectivity index (χ1n) is 7.18. The van der Waals surface area contributed by atoms with Crippen LogP contribution in [0.5, 0.6) is 0 Å². The molecule has 8 heteroatoms. The molecule has 0 saturated carbocycles. The van der Waals surface area contributed by atoms with Gasteiger partial charge in [-0.15, -0.1) is 23.2 Å². The summed E-state index contributed by atoms with van der Waals surface area (Å²) in [6.45, 7) is 1.46. The predicted molar refractivity (Wildman–Crippen MR) is 91.6 cm³/mol. The summed E-state index contributed by atoms with van der Waals surface area (Å²) in [6.07, 6.45) is 0.494. The SMILES string of the molecule is O=[P@](NCCCO)(OCc1ccccc1)N(CCCl)CCCl. The quantitative estimate of drug-likeness (QED) is 0.337. The number of nitrogens with one attached hydrogen (secondary N) is 1. The summed E-state index contributed by atoms with van der Waals surface area (Å²) in [6, 6.07) is 9.53. The Morgan fingerprint density at radius 2 is 1.82 bits per heavy atom. The van der Waals surface area contributed by atoms with E-state index in [2.05, 4.69) is 5.09 Å². The summed E-state index contributed by atoms with van der Waals surface area (Å²) in [7, 11) is -3.25. The number of aliphatic hydroxyl groups is 1. The van der Waals surface area contributed by atoms with Crippen LogP contribution in [0.15, 0.2) is 30.3 Å². The van der Waals surface area contributed by atoms with Crippen LogP contribution in [0.3, 0.4) is 0 Å². The molecular formula is C14H23Cl2N2O3P. The Morgan fingerprint density at radius 3 is 2.36 bits per heavy atom. The Kier molecular flexibility index (Phi) is 10.3. The Balaban J connectivity index is 2.76. The molecule has 0 amide bonds. The lowest BCUT2D eigenvalue weighted by molar-refractivity contribution is 0.244. The smallest absolute Gasteiger partial charge is 0.343 e. The summed E-state index contributed by atoms with van der Waals surface area (Å²) in [5, 5.41) is 11.8. The van der Waals surface area contributed by atoms with E-state index >= 15 is 0 Å². The van der Waals surface area contributed by atoms with Gasteiger partial charge in [0.15, 0.2) is 0 Å². The number of rotatable bonds is 12. The lowest BCUT2D eigenvalue weighted by Crippen LogP contribution is -2.33. The molecule has 0 radical (unpaired) electrons. The first kappa shape index (κ1) is 19.9. The van der Waals surface area contributed by atoms with Crippen LogP contribution < -0.4 is 5.09 Å². The van der Waals surface area contributed by atoms with Crippen LogP contribution in [0, 0.1) is 0 Å². The van der Waals surface area contributed by atoms with Gasteiger partial charge in [0.25, 0.3) is 0 Å². The Morgan fingerprint density at radius 1 is 1.18 bits per heavy atom. The van der Waals surface area contributed by atoms with Gasteiger partial charge in [-0.2, -0.15) is 0 Å². The number of alkyl halides is 2. The maximum atomic E-state index is 13.1. The van der Waals surface area contributed by atoms with Crippen molar-refractivity contribution in [2.24, 2.45) is 0 Å². The third-order valence-electron chi connectivity index (χ3n) is 2.95. The molecule has 0 heterocycles. The number of nitrogens with zero attached hydrogens (tertiary/aromatic N) is 1. The fraction of sp³-hybridized carbons (Fsp3) is 0.571. The van der Waals surface area contributed by atoms with Gasteiger partial charge in [-0.3, -0.25) is 4.57 Å². The molecule has 2 N–H and O–H groups in total. The molecule has 126 valence electrons. The summed E-state index contributed by atoms with van der Waals surface area (Å²) in [5.74, 6) is 0.661. The van der Waals surface area contributed by atoms with Crippen molar-refractivity contribution in [3.05, 3.63) is 35.9 Å². The van der Waals surface area contributed by atoms with Crippen molar-refractivity contribution < 1.29 is 14.2 Å². The number of benzene rings is 1. The van der Waals surface area contributed by atoms with Crippen molar-refractivity contribution >= 4 is 30.9 Å². The van der Waals surface area contributed by atoms with Crippen molar-refractivity contribution in [1.82, 2.24) is 9.76 Å². The van der Waals surface area contributed by atoms with E-state index in [1.807, 2.05) is 30.3 Å². The lowest BCUT2D eigenvalue weighted by atomic mass is 10.2. The molecule has 0 bridgehead atoms. The molecule has 0 aliphatic rings. The molecule has 0 aliphatic carbocycles. The van der Waals surface area contributed by atoms with Gasteiger partial charge in [0.2, 0.25) is 0 Å². The predicted octanol–water partition coefficient (Wildman–Crippen LogP) is 3.06. The lowest BCUT2D eigenvalue weighted by Gasteiger charge is -2.30. The molecule has 0 spiro atoms. The minimum absolute atomic E-state index is 0.0245. The monoisotopic (exact) mass is 368 g/mol. The minimum atomic E-state index is -3.25. The molecule has 0 aromatic heterocycles. The number of halogens is 2. The van der Waals surface area contributed by atoms with E-state index in [1.165, 1.54) is 0 Å². The number of hydrogen-bond donors (Lipinski definition) is 2. The van der Waals surface area contributed by atoms with E-state index in [4.69, 9.17) is 32.8 Å². The van der Waals surface area contributed by atoms with E-state index in [0.717, 1.165) is 5.56 Å². The Hall–Kier alpha value is -0.130. The van der Waals surface area contributed by atoms with E-state index in [1.54, 1.807) is 4.67 Å². The van der Waals surface area contributed by atoms with Crippen LogP contribution in [-0.2, 0) is 15.7 Å². The highest BCUT2D eigenvalue weighted by Gasteiger charge is 2.30. The zero-order valence-corrected chi connectivity index (χ0v) is 14.9. The summed E-state index contributed by atoms with van der Waals surface area (Å²) < 4.78 is 20.5. The molecule has 1 aromatic rings. The summed E-state index contributed by atoms with van der Waals surface area (Å²) in [5.41, 5.74) is 0.934. The van der Waals surface area contributed by atoms with Crippen molar-refractivity contribution in [2.75, 3.05) is 38.0 Å². The minimum Gasteiger partial charge on any atom is -0.396 e. The summed E-state index contributed by atoms with van der Waals surface area (Å²) in [4.78, 5) is 0. The first-order valence-corrected chi connectivity index (χ1v) is 9.82. The van der Waals surface area contributed by atoms with Crippen molar-refractivity contribution in [1.29, 1.82) is 0 Å². The normalized spacial score (nSPS) is 14.2. The third kappa shape index (κ3) is 6.97. The zero-order valence-electron chi connectivity index (χ0n) is 12.5. The van der Waals surface area contributed by atoms with Crippen LogP contribution >= 0.6 is 30.9 Å². The Labute approximate surface area is 142 Å². The van der Waals surface area contributed by atoms with Crippen LogP contribution in [-0.4, -0.2) is 47.8 Å². The molecule has 0 saturated heterocycles. The maximum absolute atomic E-state index is 13.1. The van der Waals surface area contributed by atoms with Gasteiger partial charge >= 0.3 is 7.67 Å². The third-order valence-corrected chi connectivity index (χ3v) is 5.54. The molecule has 0 unspecified atom stereocenters. The standard InChI is InChI=1S/C14H23Cl2N2O3P/c15-7-10-18(11-8-16)22(20,17-9-4-12-19)21-13-14-5-2-1-3-6-14/h1-3,5-6,19H,4,7-13H2,(H,17,20)/t22-/m1/s1. The van der Waals surface area contributed by atoms with E-state index < -0.39 is 7.67 Å². The topological polar surface area (TPSA) is 61.8 Å². The second-order valence-electron chi connectivity index (χ2n) is 4.60. The van der Waals surface area contributed by atoms with Gasteiger partial charge in [-0.25, -0.2) is 9.76 Å². The van der Waals surface area contributed by atoms with E-state index in [0.29, 0.717) is 37.8 Å². The fourth-order valence-electron chi connectivity index (χ4n) is 1.83. The van der Waals surface area contributed by atoms with Gasteiger partial charge in [0.1, 0.15) is 0 Å². The Bertz CT molecular complexity index is 445.